The van der Waals surface area contributed by atoms with E-state index < -0.39 is 0 Å². The van der Waals surface area contributed by atoms with Crippen LogP contribution >= 0.6 is 0 Å². The number of hydrogen-bond donors (Lipinski definition) is 1. The first-order valence-corrected chi connectivity index (χ1v) is 10.8. The van der Waals surface area contributed by atoms with Gasteiger partial charge >= 0.3 is 0 Å². The summed E-state index contributed by atoms with van der Waals surface area (Å²) >= 11 is 0. The van der Waals surface area contributed by atoms with Crippen LogP contribution < -0.4 is 10.3 Å². The molecule has 1 amide bonds. The molecular weight excluding hydrogens is 348 g/mol. The zero-order valence-electron chi connectivity index (χ0n) is 17.8. The highest BCUT2D eigenvalue weighted by Crippen LogP contribution is 2.36. The van der Waals surface area contributed by atoms with E-state index in [2.05, 4.69) is 71.4 Å². The van der Waals surface area contributed by atoms with Crippen LogP contribution in [0.5, 0.6) is 0 Å². The van der Waals surface area contributed by atoms with Gasteiger partial charge in [-0.25, -0.2) is 5.43 Å². The van der Waals surface area contributed by atoms with Crippen molar-refractivity contribution in [1.82, 2.24) is 10.3 Å². The van der Waals surface area contributed by atoms with Gasteiger partial charge in [-0.15, -0.1) is 0 Å². The van der Waals surface area contributed by atoms with Gasteiger partial charge < -0.3 is 4.90 Å². The molecule has 0 spiro atoms. The average molecular weight is 385 g/mol. The van der Waals surface area contributed by atoms with Gasteiger partial charge in [0.2, 0.25) is 5.91 Å². The third kappa shape index (κ3) is 6.06. The number of carbonyl (C=O) groups excluding carboxylic acids is 1. The third-order valence-electron chi connectivity index (χ3n) is 6.27. The Morgan fingerprint density at radius 3 is 2.32 bits per heavy atom. The first-order valence-electron chi connectivity index (χ1n) is 10.8. The van der Waals surface area contributed by atoms with Crippen molar-refractivity contribution in [3.8, 4) is 0 Å². The minimum atomic E-state index is 0.0379. The predicted octanol–water partition coefficient (Wildman–Crippen LogP) is 3.91. The molecule has 1 aliphatic heterocycles. The Bertz CT molecular complexity index is 647. The smallest absolute Gasteiger partial charge is 0.241 e. The summed E-state index contributed by atoms with van der Waals surface area (Å²) in [6, 6.07) is 10.6. The van der Waals surface area contributed by atoms with Crippen molar-refractivity contribution in [2.75, 3.05) is 37.6 Å². The maximum Gasteiger partial charge on any atom is 0.241 e. The van der Waals surface area contributed by atoms with Crippen LogP contribution in [0, 0.1) is 11.3 Å². The van der Waals surface area contributed by atoms with E-state index >= 15 is 0 Å². The fourth-order valence-electron chi connectivity index (χ4n) is 4.25. The normalized spacial score (nSPS) is 21.5. The summed E-state index contributed by atoms with van der Waals surface area (Å²) in [5.74, 6) is 0.799. The number of amides is 1. The first kappa shape index (κ1) is 20.8. The van der Waals surface area contributed by atoms with E-state index in [-0.39, 0.29) is 5.91 Å². The van der Waals surface area contributed by atoms with Gasteiger partial charge in [-0.3, -0.25) is 9.69 Å². The molecular formula is C23H36N4O. The van der Waals surface area contributed by atoms with Crippen molar-refractivity contribution < 1.29 is 4.79 Å². The maximum absolute atomic E-state index is 12.2. The van der Waals surface area contributed by atoms with Crippen molar-refractivity contribution >= 4 is 17.3 Å². The van der Waals surface area contributed by atoms with Gasteiger partial charge in [0.05, 0.1) is 0 Å². The van der Waals surface area contributed by atoms with E-state index in [4.69, 9.17) is 0 Å². The molecule has 1 N–H and O–H groups in total. The highest BCUT2D eigenvalue weighted by Gasteiger charge is 2.28. The first-order chi connectivity index (χ1) is 13.4. The summed E-state index contributed by atoms with van der Waals surface area (Å²) in [4.78, 5) is 17.0. The molecule has 1 aromatic carbocycles. The largest absolute Gasteiger partial charge is 0.369 e. The Balaban J connectivity index is 1.33. The van der Waals surface area contributed by atoms with Gasteiger partial charge in [-0.2, -0.15) is 5.10 Å². The van der Waals surface area contributed by atoms with Gasteiger partial charge in [-0.05, 0) is 49.1 Å². The number of para-hydroxylation sites is 1. The third-order valence-corrected chi connectivity index (χ3v) is 6.27. The number of anilines is 1. The van der Waals surface area contributed by atoms with Gasteiger partial charge in [0, 0.05) is 50.5 Å². The van der Waals surface area contributed by atoms with Crippen LogP contribution in [-0.4, -0.2) is 49.2 Å². The molecule has 1 saturated heterocycles. The Kier molecular flexibility index (Phi) is 7.11. The number of nitrogens with zero attached hydrogens (tertiary/aromatic N) is 3. The molecule has 1 aliphatic carbocycles. The van der Waals surface area contributed by atoms with Crippen LogP contribution in [0.3, 0.4) is 0 Å². The number of hydrazone groups is 1. The van der Waals surface area contributed by atoms with Crippen LogP contribution in [0.2, 0.25) is 0 Å². The average Bonchev–Trinajstić information content (AvgIpc) is 2.71. The molecule has 0 bridgehead atoms. The standard InChI is InChI=1S/C23H36N4O/c1-23(2,3)19-9-11-20(12-10-19)24-25-22(28)13-14-26-15-17-27(18-16-26)21-7-5-4-6-8-21/h4-8,19H,9-18H2,1-3H3,(H,25,28). The molecule has 0 unspecified atom stereocenters. The molecule has 0 atom stereocenters. The minimum Gasteiger partial charge on any atom is -0.369 e. The molecule has 0 aromatic heterocycles. The van der Waals surface area contributed by atoms with Crippen molar-refractivity contribution in [2.24, 2.45) is 16.4 Å². The second-order valence-corrected chi connectivity index (χ2v) is 9.27. The quantitative estimate of drug-likeness (QED) is 0.783. The highest BCUT2D eigenvalue weighted by atomic mass is 16.2. The molecule has 28 heavy (non-hydrogen) atoms. The number of carbonyl (C=O) groups is 1. The molecule has 1 aromatic rings. The molecule has 2 aliphatic rings. The van der Waals surface area contributed by atoms with Gasteiger partial charge in [-0.1, -0.05) is 39.0 Å². The van der Waals surface area contributed by atoms with Crippen LogP contribution in [0.25, 0.3) is 0 Å². The van der Waals surface area contributed by atoms with Crippen LogP contribution in [0.1, 0.15) is 52.9 Å². The van der Waals surface area contributed by atoms with Crippen molar-refractivity contribution in [3.05, 3.63) is 30.3 Å². The van der Waals surface area contributed by atoms with E-state index in [1.807, 2.05) is 0 Å². The van der Waals surface area contributed by atoms with Gasteiger partial charge in [0.25, 0.3) is 0 Å². The number of benzene rings is 1. The highest BCUT2D eigenvalue weighted by molar-refractivity contribution is 5.87. The SMILES string of the molecule is CC(C)(C)C1CCC(=NNC(=O)CCN2CCN(c3ccccc3)CC2)CC1. The second kappa shape index (κ2) is 9.55. The Morgan fingerprint density at radius 2 is 1.71 bits per heavy atom. The summed E-state index contributed by atoms with van der Waals surface area (Å²) in [5.41, 5.74) is 5.61. The lowest BCUT2D eigenvalue weighted by Crippen LogP contribution is -2.47. The van der Waals surface area contributed by atoms with Gasteiger partial charge in [0.15, 0.2) is 0 Å². The van der Waals surface area contributed by atoms with E-state index in [9.17, 15) is 4.79 Å². The van der Waals surface area contributed by atoms with Crippen molar-refractivity contribution in [2.45, 2.75) is 52.9 Å². The number of hydrogen-bond acceptors (Lipinski definition) is 4. The maximum atomic E-state index is 12.2. The van der Waals surface area contributed by atoms with Crippen molar-refractivity contribution in [3.63, 3.8) is 0 Å². The van der Waals surface area contributed by atoms with Crippen LogP contribution in [-0.2, 0) is 4.79 Å². The molecule has 1 saturated carbocycles. The Labute approximate surface area is 170 Å². The summed E-state index contributed by atoms with van der Waals surface area (Å²) in [6.45, 7) is 11.8. The molecule has 154 valence electrons. The lowest BCUT2D eigenvalue weighted by atomic mass is 9.72. The van der Waals surface area contributed by atoms with Gasteiger partial charge in [0.1, 0.15) is 0 Å². The van der Waals surface area contributed by atoms with E-state index in [1.165, 1.54) is 18.5 Å². The number of nitrogens with one attached hydrogen (secondary N) is 1. The topological polar surface area (TPSA) is 47.9 Å². The lowest BCUT2D eigenvalue weighted by molar-refractivity contribution is -0.121. The zero-order chi connectivity index (χ0) is 20.0. The minimum absolute atomic E-state index is 0.0379. The molecule has 1 heterocycles. The summed E-state index contributed by atoms with van der Waals surface area (Å²) in [6.07, 6.45) is 4.92. The van der Waals surface area contributed by atoms with Crippen LogP contribution in [0.4, 0.5) is 5.69 Å². The Hall–Kier alpha value is -1.88. The lowest BCUT2D eigenvalue weighted by Gasteiger charge is -2.36. The summed E-state index contributed by atoms with van der Waals surface area (Å²) < 4.78 is 0. The monoisotopic (exact) mass is 384 g/mol. The van der Waals surface area contributed by atoms with E-state index in [1.54, 1.807) is 0 Å². The second-order valence-electron chi connectivity index (χ2n) is 9.27. The molecule has 5 heteroatoms. The zero-order valence-corrected chi connectivity index (χ0v) is 17.8. The molecule has 5 nitrogen and oxygen atoms in total. The van der Waals surface area contributed by atoms with Crippen LogP contribution in [0.15, 0.2) is 35.4 Å². The number of rotatable bonds is 5. The fourth-order valence-corrected chi connectivity index (χ4v) is 4.25. The van der Waals surface area contributed by atoms with Crippen molar-refractivity contribution in [1.29, 1.82) is 0 Å². The fraction of sp³-hybridized carbons (Fsp3) is 0.652. The summed E-state index contributed by atoms with van der Waals surface area (Å²) in [7, 11) is 0. The summed E-state index contributed by atoms with van der Waals surface area (Å²) in [5, 5.41) is 4.41. The van der Waals surface area contributed by atoms with E-state index in [0.717, 1.165) is 57.2 Å². The number of piperazine rings is 1. The molecule has 0 radical (unpaired) electrons. The Morgan fingerprint density at radius 1 is 1.07 bits per heavy atom. The molecule has 3 rings (SSSR count). The molecule has 2 fully saturated rings. The van der Waals surface area contributed by atoms with E-state index in [0.29, 0.717) is 11.8 Å². The predicted molar refractivity (Wildman–Crippen MR) is 117 cm³/mol.